The Morgan fingerprint density at radius 1 is 1.02 bits per heavy atom. The molecule has 1 spiro atoms. The van der Waals surface area contributed by atoms with Crippen molar-refractivity contribution in [3.8, 4) is 5.75 Å². The van der Waals surface area contributed by atoms with Crippen LogP contribution in [0, 0.1) is 12.7 Å². The van der Waals surface area contributed by atoms with Gasteiger partial charge in [0.25, 0.3) is 5.91 Å². The molecule has 9 nitrogen and oxygen atoms in total. The fourth-order valence-electron chi connectivity index (χ4n) is 6.67. The molecule has 0 bridgehead atoms. The molecule has 230 valence electrons. The zero-order valence-electron chi connectivity index (χ0n) is 23.7. The highest BCUT2D eigenvalue weighted by molar-refractivity contribution is 7.89. The maximum atomic E-state index is 14.7. The molecule has 3 amide bonds. The summed E-state index contributed by atoms with van der Waals surface area (Å²) in [7, 11) is -3.88. The third-order valence-electron chi connectivity index (χ3n) is 8.81. The van der Waals surface area contributed by atoms with Crippen LogP contribution in [0.3, 0.4) is 0 Å². The SMILES string of the molecule is Cc1ccc(F)cc1[C@@H]1NC(=O)C[C@H](c2cc(Cl)ccc2OC2(C(=O)NS(C)(=O)=O)CCC2)[C@@]12C(=O)Nc1cc(Cl)ccc12. The van der Waals surface area contributed by atoms with E-state index in [1.54, 1.807) is 49.4 Å². The Bertz CT molecular complexity index is 1850. The number of anilines is 1. The largest absolute Gasteiger partial charge is 0.477 e. The van der Waals surface area contributed by atoms with E-state index in [1.165, 1.54) is 12.1 Å². The van der Waals surface area contributed by atoms with Crippen LogP contribution in [0.5, 0.6) is 5.75 Å². The van der Waals surface area contributed by atoms with E-state index in [-0.39, 0.29) is 30.0 Å². The minimum atomic E-state index is -3.88. The summed E-state index contributed by atoms with van der Waals surface area (Å²) in [5.41, 5.74) is -0.620. The zero-order chi connectivity index (χ0) is 31.6. The van der Waals surface area contributed by atoms with E-state index in [0.29, 0.717) is 39.4 Å². The first kappa shape index (κ1) is 30.4. The summed E-state index contributed by atoms with van der Waals surface area (Å²) in [6, 6.07) is 12.8. The second-order valence-corrected chi connectivity index (χ2v) is 14.2. The molecule has 0 aromatic heterocycles. The normalized spacial score (nSPS) is 23.8. The summed E-state index contributed by atoms with van der Waals surface area (Å²) in [4.78, 5) is 41.1. The van der Waals surface area contributed by atoms with Crippen molar-refractivity contribution < 1.29 is 31.9 Å². The van der Waals surface area contributed by atoms with E-state index >= 15 is 0 Å². The molecule has 0 radical (unpaired) electrons. The van der Waals surface area contributed by atoms with Crippen molar-refractivity contribution in [3.05, 3.63) is 92.7 Å². The summed E-state index contributed by atoms with van der Waals surface area (Å²) >= 11 is 12.8. The molecule has 2 fully saturated rings. The molecule has 3 atom stereocenters. The molecule has 13 heteroatoms. The Morgan fingerprint density at radius 2 is 1.73 bits per heavy atom. The van der Waals surface area contributed by atoms with Crippen LogP contribution in [0.15, 0.2) is 54.6 Å². The summed E-state index contributed by atoms with van der Waals surface area (Å²) in [5, 5.41) is 6.55. The number of nitrogens with one attached hydrogen (secondary N) is 3. The highest BCUT2D eigenvalue weighted by Gasteiger charge is 2.62. The number of rotatable bonds is 6. The van der Waals surface area contributed by atoms with E-state index in [2.05, 4.69) is 10.6 Å². The number of amides is 3. The van der Waals surface area contributed by atoms with E-state index in [9.17, 15) is 27.2 Å². The summed E-state index contributed by atoms with van der Waals surface area (Å²) in [6.45, 7) is 1.77. The molecule has 3 aromatic rings. The van der Waals surface area contributed by atoms with E-state index in [4.69, 9.17) is 27.9 Å². The van der Waals surface area contributed by atoms with E-state index < -0.39 is 56.5 Å². The van der Waals surface area contributed by atoms with Gasteiger partial charge in [0.2, 0.25) is 21.8 Å². The lowest BCUT2D eigenvalue weighted by molar-refractivity contribution is -0.142. The zero-order valence-corrected chi connectivity index (χ0v) is 26.0. The van der Waals surface area contributed by atoms with Crippen LogP contribution in [0.2, 0.25) is 10.0 Å². The molecule has 44 heavy (non-hydrogen) atoms. The third kappa shape index (κ3) is 5.00. The van der Waals surface area contributed by atoms with E-state index in [0.717, 1.165) is 6.26 Å². The highest BCUT2D eigenvalue weighted by Crippen LogP contribution is 2.59. The number of piperidine rings is 1. The molecule has 1 saturated carbocycles. The van der Waals surface area contributed by atoms with Crippen molar-refractivity contribution in [1.29, 1.82) is 0 Å². The first-order valence-electron chi connectivity index (χ1n) is 13.9. The second-order valence-electron chi connectivity index (χ2n) is 11.6. The van der Waals surface area contributed by atoms with Crippen molar-refractivity contribution >= 4 is 56.6 Å². The average molecular weight is 661 g/mol. The van der Waals surface area contributed by atoms with Crippen LogP contribution < -0.4 is 20.1 Å². The minimum Gasteiger partial charge on any atom is -0.477 e. The number of ether oxygens (including phenoxy) is 1. The Balaban J connectivity index is 1.57. The Morgan fingerprint density at radius 3 is 2.41 bits per heavy atom. The third-order valence-corrected chi connectivity index (χ3v) is 9.84. The predicted octanol–water partition coefficient (Wildman–Crippen LogP) is 5.05. The molecule has 1 saturated heterocycles. The molecular weight excluding hydrogens is 632 g/mol. The van der Waals surface area contributed by atoms with Crippen molar-refractivity contribution in [1.82, 2.24) is 10.0 Å². The lowest BCUT2D eigenvalue weighted by Crippen LogP contribution is -2.58. The predicted molar refractivity (Wildman–Crippen MR) is 163 cm³/mol. The molecule has 3 aliphatic rings. The van der Waals surface area contributed by atoms with Gasteiger partial charge in [0.1, 0.15) is 17.0 Å². The number of fused-ring (bicyclic) bond motifs is 2. The second kappa shape index (κ2) is 10.7. The molecule has 6 rings (SSSR count). The van der Waals surface area contributed by atoms with Crippen LogP contribution in [-0.4, -0.2) is 38.0 Å². The van der Waals surface area contributed by atoms with Gasteiger partial charge in [0.05, 0.1) is 12.3 Å². The van der Waals surface area contributed by atoms with E-state index in [1.807, 2.05) is 4.72 Å². The maximum Gasteiger partial charge on any atom is 0.277 e. The first-order valence-corrected chi connectivity index (χ1v) is 16.6. The fraction of sp³-hybridized carbons (Fsp3) is 0.323. The van der Waals surface area contributed by atoms with Gasteiger partial charge in [-0.2, -0.15) is 0 Å². The van der Waals surface area contributed by atoms with Crippen molar-refractivity contribution in [2.75, 3.05) is 11.6 Å². The molecule has 0 unspecified atom stereocenters. The number of sulfonamides is 1. The van der Waals surface area contributed by atoms with Gasteiger partial charge in [-0.05, 0) is 85.3 Å². The van der Waals surface area contributed by atoms with Crippen molar-refractivity contribution in [2.24, 2.45) is 0 Å². The first-order chi connectivity index (χ1) is 20.7. The number of halogens is 3. The summed E-state index contributed by atoms with van der Waals surface area (Å²) in [5.74, 6) is -2.95. The lowest BCUT2D eigenvalue weighted by Gasteiger charge is -2.47. The number of hydrogen-bond acceptors (Lipinski definition) is 6. The van der Waals surface area contributed by atoms with Gasteiger partial charge in [-0.1, -0.05) is 35.3 Å². The van der Waals surface area contributed by atoms with Gasteiger partial charge >= 0.3 is 0 Å². The van der Waals surface area contributed by atoms with Crippen molar-refractivity contribution in [3.63, 3.8) is 0 Å². The van der Waals surface area contributed by atoms with Gasteiger partial charge in [0, 0.05) is 33.6 Å². The van der Waals surface area contributed by atoms with Crippen LogP contribution in [-0.2, 0) is 29.8 Å². The topological polar surface area (TPSA) is 131 Å². The Labute approximate surface area is 263 Å². The number of benzene rings is 3. The molecular formula is C31H28Cl2FN3O6S. The Kier molecular flexibility index (Phi) is 7.41. The molecule has 3 N–H and O–H groups in total. The lowest BCUT2D eigenvalue weighted by atomic mass is 9.59. The molecule has 3 aromatic carbocycles. The number of aryl methyl sites for hydroxylation is 1. The highest BCUT2D eigenvalue weighted by atomic mass is 35.5. The average Bonchev–Trinajstić information content (AvgIpc) is 3.19. The van der Waals surface area contributed by atoms with Crippen LogP contribution in [0.25, 0.3) is 0 Å². The smallest absolute Gasteiger partial charge is 0.277 e. The summed E-state index contributed by atoms with van der Waals surface area (Å²) in [6.07, 6.45) is 1.82. The van der Waals surface area contributed by atoms with Gasteiger partial charge in [-0.15, -0.1) is 0 Å². The van der Waals surface area contributed by atoms with Gasteiger partial charge in [-0.25, -0.2) is 17.5 Å². The molecule has 2 aliphatic heterocycles. The quantitative estimate of drug-likeness (QED) is 0.339. The van der Waals surface area contributed by atoms with Gasteiger partial charge < -0.3 is 15.4 Å². The van der Waals surface area contributed by atoms with Gasteiger partial charge in [0.15, 0.2) is 5.60 Å². The maximum absolute atomic E-state index is 14.7. The molecule has 2 heterocycles. The van der Waals surface area contributed by atoms with Gasteiger partial charge in [-0.3, -0.25) is 14.4 Å². The van der Waals surface area contributed by atoms with Crippen LogP contribution >= 0.6 is 23.2 Å². The van der Waals surface area contributed by atoms with Crippen molar-refractivity contribution in [2.45, 2.75) is 55.6 Å². The number of hydrogen-bond donors (Lipinski definition) is 3. The Hall–Kier alpha value is -3.67. The minimum absolute atomic E-state index is 0.168. The standard InChI is InChI=1S/C31H28Cl2FN3O6S/c1-16-4-7-19(34)14-20(16)27-31(22-8-5-18(33)13-24(22)35-29(31)40)23(15-26(38)36-27)21-12-17(32)6-9-25(21)43-30(10-3-11-30)28(39)37-44(2,41)42/h4-9,12-14,23,27H,3,10-11,15H2,1-2H3,(H,35,40)(H,36,38)(H,37,39)/t23-,27+,31-/m1/s1. The van der Waals surface area contributed by atoms with Crippen LogP contribution in [0.4, 0.5) is 10.1 Å². The van der Waals surface area contributed by atoms with Crippen LogP contribution in [0.1, 0.15) is 59.9 Å². The number of carbonyl (C=O) groups excluding carboxylic acids is 3. The number of carbonyl (C=O) groups is 3. The monoisotopic (exact) mass is 659 g/mol. The summed E-state index contributed by atoms with van der Waals surface area (Å²) < 4.78 is 47.0. The molecule has 1 aliphatic carbocycles. The fourth-order valence-corrected chi connectivity index (χ4v) is 7.55.